The van der Waals surface area contributed by atoms with Gasteiger partial charge in [0.1, 0.15) is 24.4 Å². The first-order valence-corrected chi connectivity index (χ1v) is 18.6. The number of benzene rings is 4. The van der Waals surface area contributed by atoms with Gasteiger partial charge < -0.3 is 52.5 Å². The number of aliphatic hydroxyl groups is 1. The predicted octanol–water partition coefficient (Wildman–Crippen LogP) is 5.47. The molecule has 2 aliphatic rings. The SMILES string of the molecule is OC1OCCOCCOCCOCCO[C@]12O[C@H](COCc1ccccc1)[C@@H](OCc1ccccc1)[C@H](OCc1ccccc1)[C@H]2OCc1ccccc1. The van der Waals surface area contributed by atoms with E-state index >= 15 is 0 Å². The molecule has 290 valence electrons. The Bertz CT molecular complexity index is 1570. The molecule has 0 amide bonds. The van der Waals surface area contributed by atoms with Crippen molar-refractivity contribution in [3.8, 4) is 0 Å². The van der Waals surface area contributed by atoms with Crippen molar-refractivity contribution in [3.63, 3.8) is 0 Å². The average molecular weight is 745 g/mol. The Morgan fingerprint density at radius 3 is 1.44 bits per heavy atom. The summed E-state index contributed by atoms with van der Waals surface area (Å²) in [6, 6.07) is 39.5. The third-order valence-electron chi connectivity index (χ3n) is 9.10. The smallest absolute Gasteiger partial charge is 0.250 e. The number of hydrogen-bond acceptors (Lipinski definition) is 11. The van der Waals surface area contributed by atoms with Gasteiger partial charge in [-0.2, -0.15) is 0 Å². The maximum Gasteiger partial charge on any atom is 0.250 e. The summed E-state index contributed by atoms with van der Waals surface area (Å²) < 4.78 is 63.6. The van der Waals surface area contributed by atoms with Gasteiger partial charge in [0.25, 0.3) is 5.79 Å². The molecule has 0 aromatic heterocycles. The molecule has 0 bridgehead atoms. The lowest BCUT2D eigenvalue weighted by Crippen LogP contribution is -2.72. The Labute approximate surface area is 317 Å². The van der Waals surface area contributed by atoms with Crippen LogP contribution in [0.4, 0.5) is 0 Å². The summed E-state index contributed by atoms with van der Waals surface area (Å²) >= 11 is 0. The minimum Gasteiger partial charge on any atom is -0.377 e. The van der Waals surface area contributed by atoms with Crippen LogP contribution in [0, 0.1) is 0 Å². The Morgan fingerprint density at radius 1 is 0.500 bits per heavy atom. The Hall–Kier alpha value is -3.56. The zero-order valence-corrected chi connectivity index (χ0v) is 30.7. The zero-order valence-electron chi connectivity index (χ0n) is 30.7. The molecule has 2 saturated heterocycles. The van der Waals surface area contributed by atoms with Gasteiger partial charge in [0.2, 0.25) is 6.29 Å². The summed E-state index contributed by atoms with van der Waals surface area (Å²) in [7, 11) is 0. The highest BCUT2D eigenvalue weighted by Crippen LogP contribution is 2.40. The third kappa shape index (κ3) is 12.0. The van der Waals surface area contributed by atoms with Crippen LogP contribution in [0.1, 0.15) is 22.3 Å². The van der Waals surface area contributed by atoms with Crippen molar-refractivity contribution in [1.29, 1.82) is 0 Å². The third-order valence-corrected chi connectivity index (χ3v) is 9.10. The number of hydrogen-bond donors (Lipinski definition) is 1. The molecular weight excluding hydrogens is 692 g/mol. The van der Waals surface area contributed by atoms with Gasteiger partial charge in [0.15, 0.2) is 0 Å². The molecule has 2 heterocycles. The molecule has 0 radical (unpaired) electrons. The van der Waals surface area contributed by atoms with Crippen LogP contribution in [0.3, 0.4) is 0 Å². The molecule has 11 nitrogen and oxygen atoms in total. The molecule has 1 spiro atoms. The second-order valence-electron chi connectivity index (χ2n) is 13.0. The van der Waals surface area contributed by atoms with Crippen molar-refractivity contribution in [1.82, 2.24) is 0 Å². The highest BCUT2D eigenvalue weighted by Gasteiger charge is 2.62. The largest absolute Gasteiger partial charge is 0.377 e. The highest BCUT2D eigenvalue weighted by molar-refractivity contribution is 5.17. The van der Waals surface area contributed by atoms with Gasteiger partial charge in [-0.3, -0.25) is 0 Å². The Morgan fingerprint density at radius 2 is 0.926 bits per heavy atom. The molecular formula is C43H52O11. The maximum atomic E-state index is 12.1. The van der Waals surface area contributed by atoms with Crippen LogP contribution in [0.5, 0.6) is 0 Å². The second-order valence-corrected chi connectivity index (χ2v) is 13.0. The van der Waals surface area contributed by atoms with E-state index in [9.17, 15) is 5.11 Å². The van der Waals surface area contributed by atoms with Crippen molar-refractivity contribution in [2.45, 2.75) is 62.9 Å². The van der Waals surface area contributed by atoms with E-state index in [4.69, 9.17) is 47.4 Å². The van der Waals surface area contributed by atoms with Crippen molar-refractivity contribution in [3.05, 3.63) is 144 Å². The molecule has 1 unspecified atom stereocenters. The first kappa shape index (κ1) is 40.1. The van der Waals surface area contributed by atoms with E-state index in [1.807, 2.05) is 121 Å². The summed E-state index contributed by atoms with van der Waals surface area (Å²) in [5, 5.41) is 12.1. The fourth-order valence-electron chi connectivity index (χ4n) is 6.39. The van der Waals surface area contributed by atoms with E-state index in [2.05, 4.69) is 0 Å². The first-order chi connectivity index (χ1) is 26.7. The lowest BCUT2D eigenvalue weighted by molar-refractivity contribution is -0.435. The topological polar surface area (TPSA) is 113 Å². The summed E-state index contributed by atoms with van der Waals surface area (Å²) in [4.78, 5) is 0. The fraction of sp³-hybridized carbons (Fsp3) is 0.442. The quantitative estimate of drug-likeness (QED) is 0.188. The standard InChI is InChI=1S/C43H52O11/c44-42-43(53-28-26-47-24-22-45-21-23-46-25-27-49-42)41(52-32-37-19-11-4-12-20-37)40(51-31-36-17-9-3-10-18-36)39(50-30-35-15-7-2-8-16-35)38(54-43)33-48-29-34-13-5-1-6-14-34/h1-20,38-42,44H,21-33H2/t38-,39-,40+,41-,42?,43-/m1/s1. The lowest BCUT2D eigenvalue weighted by Gasteiger charge is -2.53. The maximum absolute atomic E-state index is 12.1. The van der Waals surface area contributed by atoms with Crippen molar-refractivity contribution in [2.24, 2.45) is 0 Å². The predicted molar refractivity (Wildman–Crippen MR) is 199 cm³/mol. The minimum absolute atomic E-state index is 0.0423. The van der Waals surface area contributed by atoms with E-state index in [-0.39, 0.29) is 52.9 Å². The first-order valence-electron chi connectivity index (χ1n) is 18.6. The molecule has 1 N–H and O–H groups in total. The van der Waals surface area contributed by atoms with Crippen LogP contribution in [-0.4, -0.2) is 101 Å². The molecule has 6 rings (SSSR count). The van der Waals surface area contributed by atoms with Crippen molar-refractivity contribution < 1.29 is 52.5 Å². The van der Waals surface area contributed by atoms with Crippen molar-refractivity contribution >= 4 is 0 Å². The average Bonchev–Trinajstić information content (AvgIpc) is 3.22. The van der Waals surface area contributed by atoms with E-state index < -0.39 is 36.5 Å². The van der Waals surface area contributed by atoms with Crippen LogP contribution < -0.4 is 0 Å². The zero-order chi connectivity index (χ0) is 37.1. The van der Waals surface area contributed by atoms with Gasteiger partial charge in [0, 0.05) is 0 Å². The van der Waals surface area contributed by atoms with Crippen LogP contribution in [0.2, 0.25) is 0 Å². The highest BCUT2D eigenvalue weighted by atomic mass is 16.8. The Kier molecular flexibility index (Phi) is 16.4. The van der Waals surface area contributed by atoms with Gasteiger partial charge in [-0.1, -0.05) is 121 Å². The normalized spacial score (nSPS) is 26.1. The molecule has 6 atom stereocenters. The van der Waals surface area contributed by atoms with Gasteiger partial charge in [-0.15, -0.1) is 0 Å². The van der Waals surface area contributed by atoms with E-state index in [1.165, 1.54) is 0 Å². The van der Waals surface area contributed by atoms with Crippen LogP contribution in [0.25, 0.3) is 0 Å². The number of ether oxygens (including phenoxy) is 10. The van der Waals surface area contributed by atoms with Gasteiger partial charge >= 0.3 is 0 Å². The van der Waals surface area contributed by atoms with Crippen LogP contribution in [0.15, 0.2) is 121 Å². The van der Waals surface area contributed by atoms with E-state index in [1.54, 1.807) is 0 Å². The fourth-order valence-corrected chi connectivity index (χ4v) is 6.39. The summed E-state index contributed by atoms with van der Waals surface area (Å²) in [6.07, 6.45) is -5.09. The molecule has 11 heteroatoms. The van der Waals surface area contributed by atoms with Crippen LogP contribution >= 0.6 is 0 Å². The van der Waals surface area contributed by atoms with Gasteiger partial charge in [-0.25, -0.2) is 0 Å². The molecule has 2 aliphatic heterocycles. The minimum atomic E-state index is -1.91. The van der Waals surface area contributed by atoms with Gasteiger partial charge in [-0.05, 0) is 22.3 Å². The van der Waals surface area contributed by atoms with Crippen LogP contribution in [-0.2, 0) is 73.8 Å². The van der Waals surface area contributed by atoms with Crippen molar-refractivity contribution in [2.75, 3.05) is 59.5 Å². The Balaban J connectivity index is 1.38. The second kappa shape index (κ2) is 22.1. The molecule has 2 fully saturated rings. The number of aliphatic hydroxyl groups excluding tert-OH is 1. The number of rotatable bonds is 13. The summed E-state index contributed by atoms with van der Waals surface area (Å²) in [5.41, 5.74) is 3.83. The molecule has 54 heavy (non-hydrogen) atoms. The van der Waals surface area contributed by atoms with E-state index in [0.29, 0.717) is 33.0 Å². The molecule has 0 saturated carbocycles. The summed E-state index contributed by atoms with van der Waals surface area (Å²) in [5.74, 6) is -1.91. The van der Waals surface area contributed by atoms with E-state index in [0.717, 1.165) is 22.3 Å². The molecule has 4 aromatic carbocycles. The molecule has 4 aromatic rings. The monoisotopic (exact) mass is 744 g/mol. The lowest BCUT2D eigenvalue weighted by atomic mass is 9.90. The molecule has 0 aliphatic carbocycles. The summed E-state index contributed by atoms with van der Waals surface area (Å²) in [6.45, 7) is 3.12. The van der Waals surface area contributed by atoms with Gasteiger partial charge in [0.05, 0.1) is 85.9 Å².